The number of rotatable bonds is 2. The van der Waals surface area contributed by atoms with Gasteiger partial charge in [0.25, 0.3) is 0 Å². The summed E-state index contributed by atoms with van der Waals surface area (Å²) < 4.78 is 12.2. The van der Waals surface area contributed by atoms with Crippen molar-refractivity contribution in [3.8, 4) is 0 Å². The van der Waals surface area contributed by atoms with Crippen molar-refractivity contribution in [3.63, 3.8) is 0 Å². The van der Waals surface area contributed by atoms with Gasteiger partial charge in [-0.1, -0.05) is 63.7 Å². The lowest BCUT2D eigenvalue weighted by Crippen LogP contribution is -2.60. The molecule has 12 aliphatic carbocycles. The minimum absolute atomic E-state index is 0.102. The first-order valence-electron chi connectivity index (χ1n) is 11.4. The first-order valence-corrected chi connectivity index (χ1v) is 14.6. The van der Waals surface area contributed by atoms with E-state index in [-0.39, 0.29) is 64.6 Å². The predicted octanol–water partition coefficient (Wildman–Crippen LogP) is 2.30. The Morgan fingerprint density at radius 2 is 0.833 bits per heavy atom. The second kappa shape index (κ2) is 3.54. The second-order valence-electron chi connectivity index (χ2n) is 12.8. The van der Waals surface area contributed by atoms with Gasteiger partial charge >= 0.3 is 0 Å². The van der Waals surface area contributed by atoms with Crippen LogP contribution < -0.4 is 0 Å². The maximum Gasteiger partial charge on any atom is 0.0942 e. The van der Waals surface area contributed by atoms with Crippen LogP contribution in [0.4, 0.5) is 0 Å². The molecule has 12 rings (SSSR count). The van der Waals surface area contributed by atoms with Gasteiger partial charge < -0.3 is 19.7 Å². The molecule has 0 aromatic carbocycles. The number of hydrogen-bond acceptors (Lipinski definition) is 4. The third-order valence-corrected chi connectivity index (χ3v) is 20.9. The minimum atomic E-state index is -0.784. The molecule has 0 spiro atoms. The summed E-state index contributed by atoms with van der Waals surface area (Å²) in [6.07, 6.45) is 0. The van der Waals surface area contributed by atoms with E-state index >= 15 is 0 Å². The van der Waals surface area contributed by atoms with Crippen LogP contribution in [0.15, 0.2) is 0 Å². The van der Waals surface area contributed by atoms with Crippen LogP contribution in [0, 0.1) is 71.0 Å². The Hall–Kier alpha value is 1.76. The Morgan fingerprint density at radius 3 is 1.17 bits per heavy atom. The van der Waals surface area contributed by atoms with Crippen molar-refractivity contribution < 1.29 is 19.7 Å². The summed E-state index contributed by atoms with van der Waals surface area (Å²) in [7, 11) is 3.77. The van der Waals surface area contributed by atoms with Crippen molar-refractivity contribution in [2.75, 3.05) is 14.2 Å². The van der Waals surface area contributed by atoms with E-state index < -0.39 is 22.4 Å². The van der Waals surface area contributed by atoms with E-state index in [1.54, 1.807) is 0 Å². The molecule has 0 aliphatic heterocycles. The van der Waals surface area contributed by atoms with Crippen LogP contribution in [0.3, 0.4) is 0 Å². The second-order valence-corrected chi connectivity index (χ2v) is 18.1. The van der Waals surface area contributed by atoms with Crippen LogP contribution in [-0.4, -0.2) is 64.1 Å². The van der Waals surface area contributed by atoms with Gasteiger partial charge in [0.05, 0.1) is 39.7 Å². The van der Waals surface area contributed by atoms with Crippen LogP contribution in [0.1, 0.15) is 0 Å². The molecule has 2 N–H and O–H groups in total. The van der Waals surface area contributed by atoms with Crippen molar-refractivity contribution in [1.29, 1.82) is 0 Å². The molecule has 30 heavy (non-hydrogen) atoms. The van der Waals surface area contributed by atoms with Gasteiger partial charge in [0.1, 0.15) is 0 Å². The monoisotopic (exact) mass is 664 g/mol. The van der Waals surface area contributed by atoms with Gasteiger partial charge in [0.2, 0.25) is 0 Å². The predicted molar refractivity (Wildman–Crippen MR) is 118 cm³/mol. The molecular formula is C22H20Br4O4. The first kappa shape index (κ1) is 17.2. The summed E-state index contributed by atoms with van der Waals surface area (Å²) >= 11 is 17.5. The van der Waals surface area contributed by atoms with Crippen molar-refractivity contribution in [1.82, 2.24) is 0 Å². The Morgan fingerprint density at radius 1 is 0.500 bits per heavy atom. The zero-order chi connectivity index (χ0) is 20.3. The van der Waals surface area contributed by atoms with E-state index in [2.05, 4.69) is 63.7 Å². The third kappa shape index (κ3) is 0.762. The van der Waals surface area contributed by atoms with Gasteiger partial charge in [-0.05, 0) is 35.5 Å². The summed E-state index contributed by atoms with van der Waals surface area (Å²) in [4.78, 5) is 0. The van der Waals surface area contributed by atoms with Crippen LogP contribution in [0.25, 0.3) is 0 Å². The average molecular weight is 668 g/mol. The molecule has 20 atom stereocenters. The number of aliphatic hydroxyl groups is 2. The number of methoxy groups -OCH3 is 2. The summed E-state index contributed by atoms with van der Waals surface area (Å²) in [5.41, 5.74) is -2.40. The molecular weight excluding hydrogens is 648 g/mol. The Balaban J connectivity index is 1.47. The van der Waals surface area contributed by atoms with E-state index in [1.165, 1.54) is 0 Å². The van der Waals surface area contributed by atoms with Crippen molar-refractivity contribution in [2.45, 2.75) is 39.7 Å². The normalized spacial score (nSPS) is 96.0. The van der Waals surface area contributed by atoms with Crippen molar-refractivity contribution in [3.05, 3.63) is 0 Å². The van der Waals surface area contributed by atoms with E-state index in [9.17, 15) is 10.2 Å². The number of hydrogen-bond donors (Lipinski definition) is 2. The highest BCUT2D eigenvalue weighted by Gasteiger charge is 3.19. The topological polar surface area (TPSA) is 58.9 Å². The SMILES string of the molecule is CO[C@@]12[C@@H]3[C@@H]4[C@@H]5[C@@H]6[C@@]7(Br)[C@@H]8[C@H]9[C@@H]%10[C@@H]%11[C@@](O)([C@H]4[C@@]6(OC)[C@@]%118Br)[C@]3(Br)[C@H]%10[C@]1(Br)[C@H]9[C@@]7(O)[C@H]52. The van der Waals surface area contributed by atoms with Gasteiger partial charge in [-0.2, -0.15) is 0 Å². The molecule has 0 saturated heterocycles. The Labute approximate surface area is 207 Å². The molecule has 0 aromatic rings. The fraction of sp³-hybridized carbons (Fsp3) is 1.00. The maximum atomic E-state index is 13.0. The van der Waals surface area contributed by atoms with Gasteiger partial charge in [-0.15, -0.1) is 0 Å². The van der Waals surface area contributed by atoms with E-state index in [4.69, 9.17) is 9.47 Å². The molecule has 8 heteroatoms. The summed E-state index contributed by atoms with van der Waals surface area (Å²) in [5, 5.41) is 26.0. The number of ether oxygens (including phenoxy) is 2. The molecule has 0 unspecified atom stereocenters. The minimum Gasteiger partial charge on any atom is -0.388 e. The van der Waals surface area contributed by atoms with Gasteiger partial charge in [0.15, 0.2) is 0 Å². The molecule has 160 valence electrons. The summed E-state index contributed by atoms with van der Waals surface area (Å²) in [6.45, 7) is 0. The number of halogens is 4. The average Bonchev–Trinajstić information content (AvgIpc) is 3.49. The number of alkyl halides is 4. The van der Waals surface area contributed by atoms with Crippen LogP contribution in [-0.2, 0) is 9.47 Å². The lowest BCUT2D eigenvalue weighted by Gasteiger charge is -2.47. The van der Waals surface area contributed by atoms with Crippen LogP contribution in [0.2, 0.25) is 0 Å². The van der Waals surface area contributed by atoms with Gasteiger partial charge in [-0.25, -0.2) is 0 Å². The third-order valence-electron chi connectivity index (χ3n) is 14.4. The molecule has 0 aromatic heterocycles. The van der Waals surface area contributed by atoms with Crippen molar-refractivity contribution >= 4 is 63.7 Å². The molecule has 4 nitrogen and oxygen atoms in total. The first-order chi connectivity index (χ1) is 14.1. The van der Waals surface area contributed by atoms with Crippen LogP contribution >= 0.6 is 63.7 Å². The molecule has 12 fully saturated rings. The lowest BCUT2D eigenvalue weighted by atomic mass is 9.72. The van der Waals surface area contributed by atoms with Crippen molar-refractivity contribution in [2.24, 2.45) is 71.0 Å². The molecule has 12 saturated carbocycles. The Bertz CT molecular complexity index is 980. The molecule has 12 aliphatic rings. The quantitative estimate of drug-likeness (QED) is 0.445. The highest BCUT2D eigenvalue weighted by Crippen LogP contribution is 3.10. The standard InChI is InChI=1S/C22H20Br4O4/c1-29-21-11-5-6-12-16(24)8-4-3-7(17(21,25)9(4)19(16,27)13(6)21)15(11,23)20(28)10(3)18(8,26)22(12,30-2)14(5)20/h3-14,27-28H,1-2H3/t3-,4+,5-,6+,7-,8-,9-,10-,11+,12+,13-,14-,15-,16-,17-,18-,19+,20+,21+,22+/m0/s1. The smallest absolute Gasteiger partial charge is 0.0942 e. The summed E-state index contributed by atoms with van der Waals surface area (Å²) in [6, 6.07) is 0. The fourth-order valence-corrected chi connectivity index (χ4v) is 24.1. The highest BCUT2D eigenvalue weighted by molar-refractivity contribution is 9.11. The highest BCUT2D eigenvalue weighted by atomic mass is 79.9. The van der Waals surface area contributed by atoms with Crippen LogP contribution in [0.5, 0.6) is 0 Å². The van der Waals surface area contributed by atoms with E-state index in [0.717, 1.165) is 0 Å². The molecule has 0 amide bonds. The van der Waals surface area contributed by atoms with E-state index in [1.807, 2.05) is 14.2 Å². The van der Waals surface area contributed by atoms with Gasteiger partial charge in [0, 0.05) is 49.7 Å². The Kier molecular flexibility index (Phi) is 2.03. The zero-order valence-electron chi connectivity index (χ0n) is 16.2. The molecule has 0 radical (unpaired) electrons. The zero-order valence-corrected chi connectivity index (χ0v) is 22.5. The molecule has 0 bridgehead atoms. The summed E-state index contributed by atoms with van der Waals surface area (Å²) in [5.74, 6) is 2.97. The lowest BCUT2D eigenvalue weighted by molar-refractivity contribution is -0.118. The largest absolute Gasteiger partial charge is 0.388 e. The van der Waals surface area contributed by atoms with Gasteiger partial charge in [-0.3, -0.25) is 0 Å². The fourth-order valence-electron chi connectivity index (χ4n) is 15.9. The molecule has 0 heterocycles. The maximum absolute atomic E-state index is 13.0. The van der Waals surface area contributed by atoms with E-state index in [0.29, 0.717) is 23.7 Å².